The first-order valence-corrected chi connectivity index (χ1v) is 5.33. The van der Waals surface area contributed by atoms with Crippen LogP contribution in [0.15, 0.2) is 0 Å². The minimum atomic E-state index is 0.557. The second kappa shape index (κ2) is 6.47. The van der Waals surface area contributed by atoms with E-state index >= 15 is 0 Å². The molecule has 1 fully saturated rings. The Morgan fingerprint density at radius 3 is 2.25 bits per heavy atom. The molecule has 0 unspecified atom stereocenters. The lowest BCUT2D eigenvalue weighted by Crippen LogP contribution is -2.15. The lowest BCUT2D eigenvalue weighted by atomic mass is 9.99. The molecule has 71 valence electrons. The first-order valence-electron chi connectivity index (χ1n) is 5.33. The van der Waals surface area contributed by atoms with E-state index in [4.69, 9.17) is 4.74 Å². The summed E-state index contributed by atoms with van der Waals surface area (Å²) in [5.74, 6) is 0. The Hall–Kier alpha value is -0.0400. The minimum Gasteiger partial charge on any atom is -0.378 e. The summed E-state index contributed by atoms with van der Waals surface area (Å²) in [6.07, 6.45) is 12.2. The van der Waals surface area contributed by atoms with Gasteiger partial charge in [-0.25, -0.2) is 0 Å². The van der Waals surface area contributed by atoms with Crippen LogP contribution in [-0.2, 0) is 4.74 Å². The largest absolute Gasteiger partial charge is 0.378 e. The van der Waals surface area contributed by atoms with E-state index in [0.29, 0.717) is 6.10 Å². The van der Waals surface area contributed by atoms with Gasteiger partial charge in [0.1, 0.15) is 0 Å². The molecule has 0 N–H and O–H groups in total. The van der Waals surface area contributed by atoms with Gasteiger partial charge in [0.25, 0.3) is 0 Å². The van der Waals surface area contributed by atoms with Crippen LogP contribution in [0, 0.1) is 6.42 Å². The van der Waals surface area contributed by atoms with Crippen molar-refractivity contribution in [1.29, 1.82) is 0 Å². The zero-order valence-corrected chi connectivity index (χ0v) is 8.22. The maximum Gasteiger partial charge on any atom is 0.0575 e. The summed E-state index contributed by atoms with van der Waals surface area (Å²) in [5.41, 5.74) is 0. The van der Waals surface area contributed by atoms with Gasteiger partial charge < -0.3 is 4.74 Å². The van der Waals surface area contributed by atoms with Gasteiger partial charge in [-0.1, -0.05) is 39.0 Å². The Balaban J connectivity index is 2.11. The van der Waals surface area contributed by atoms with E-state index in [9.17, 15) is 0 Å². The molecule has 1 heteroatoms. The molecule has 1 nitrogen and oxygen atoms in total. The van der Waals surface area contributed by atoms with Crippen LogP contribution in [0.2, 0.25) is 0 Å². The highest BCUT2D eigenvalue weighted by Gasteiger charge is 2.10. The molecule has 12 heavy (non-hydrogen) atoms. The van der Waals surface area contributed by atoms with Crippen LogP contribution in [0.4, 0.5) is 0 Å². The van der Waals surface area contributed by atoms with Crippen molar-refractivity contribution in [2.45, 2.75) is 58.0 Å². The second-order valence-electron chi connectivity index (χ2n) is 3.71. The third kappa shape index (κ3) is 4.10. The number of hydrogen-bond donors (Lipinski definition) is 0. The Labute approximate surface area is 76.5 Å². The van der Waals surface area contributed by atoms with E-state index in [1.807, 2.05) is 0 Å². The molecule has 1 aliphatic carbocycles. The molecular formula is C11H21O. The normalized spacial score (nSPS) is 21.8. The van der Waals surface area contributed by atoms with Crippen LogP contribution in [0.5, 0.6) is 0 Å². The van der Waals surface area contributed by atoms with E-state index in [1.165, 1.54) is 44.9 Å². The predicted molar refractivity (Wildman–Crippen MR) is 52.0 cm³/mol. The van der Waals surface area contributed by atoms with Gasteiger partial charge in [-0.2, -0.15) is 0 Å². The topological polar surface area (TPSA) is 9.23 Å². The zero-order chi connectivity index (χ0) is 8.65. The van der Waals surface area contributed by atoms with Crippen LogP contribution >= 0.6 is 0 Å². The third-order valence-electron chi connectivity index (χ3n) is 2.55. The molecule has 1 aliphatic rings. The highest BCUT2D eigenvalue weighted by Crippen LogP contribution is 2.19. The SMILES string of the molecule is C[CH]COC1CCCCCCC1. The molecule has 1 radical (unpaired) electrons. The number of rotatable bonds is 3. The molecule has 0 aromatic rings. The molecule has 0 atom stereocenters. The summed E-state index contributed by atoms with van der Waals surface area (Å²) in [6.45, 7) is 2.90. The summed E-state index contributed by atoms with van der Waals surface area (Å²) in [4.78, 5) is 0. The fraction of sp³-hybridized carbons (Fsp3) is 0.909. The van der Waals surface area contributed by atoms with Crippen molar-refractivity contribution < 1.29 is 4.74 Å². The van der Waals surface area contributed by atoms with Crippen molar-refractivity contribution in [2.24, 2.45) is 0 Å². The fourth-order valence-corrected chi connectivity index (χ4v) is 1.82. The van der Waals surface area contributed by atoms with Gasteiger partial charge >= 0.3 is 0 Å². The van der Waals surface area contributed by atoms with Gasteiger partial charge in [0.05, 0.1) is 6.10 Å². The standard InChI is InChI=1S/C11H21O/c1-2-10-12-11-8-6-4-3-5-7-9-11/h2,11H,3-10H2,1H3. The van der Waals surface area contributed by atoms with Crippen molar-refractivity contribution >= 4 is 0 Å². The Bertz CT molecular complexity index is 90.4. The smallest absolute Gasteiger partial charge is 0.0575 e. The molecule has 1 saturated carbocycles. The first kappa shape index (κ1) is 10.0. The molecule has 0 aromatic heterocycles. The van der Waals surface area contributed by atoms with Gasteiger partial charge in [-0.3, -0.25) is 0 Å². The lowest BCUT2D eigenvalue weighted by molar-refractivity contribution is 0.0490. The van der Waals surface area contributed by atoms with Crippen molar-refractivity contribution in [3.05, 3.63) is 6.42 Å². The molecule has 0 saturated heterocycles. The van der Waals surface area contributed by atoms with Crippen LogP contribution in [-0.4, -0.2) is 12.7 Å². The molecule has 1 rings (SSSR count). The molecule has 0 aromatic carbocycles. The van der Waals surface area contributed by atoms with Gasteiger partial charge in [-0.05, 0) is 19.3 Å². The molecule has 0 amide bonds. The highest BCUT2D eigenvalue weighted by atomic mass is 16.5. The maximum absolute atomic E-state index is 5.71. The van der Waals surface area contributed by atoms with Crippen molar-refractivity contribution in [3.8, 4) is 0 Å². The summed E-state index contributed by atoms with van der Waals surface area (Å²) >= 11 is 0. The van der Waals surface area contributed by atoms with Crippen molar-refractivity contribution in [2.75, 3.05) is 6.61 Å². The Kier molecular flexibility index (Phi) is 5.42. The van der Waals surface area contributed by atoms with Crippen LogP contribution in [0.3, 0.4) is 0 Å². The minimum absolute atomic E-state index is 0.557. The van der Waals surface area contributed by atoms with Crippen LogP contribution in [0.1, 0.15) is 51.9 Å². The predicted octanol–water partition coefficient (Wildman–Crippen LogP) is 3.34. The van der Waals surface area contributed by atoms with Gasteiger partial charge in [0, 0.05) is 6.61 Å². The van der Waals surface area contributed by atoms with E-state index < -0.39 is 0 Å². The maximum atomic E-state index is 5.71. The average Bonchev–Trinajstić information content (AvgIpc) is 2.02. The van der Waals surface area contributed by atoms with E-state index in [0.717, 1.165) is 6.61 Å². The second-order valence-corrected chi connectivity index (χ2v) is 3.71. The summed E-state index contributed by atoms with van der Waals surface area (Å²) in [5, 5.41) is 0. The van der Waals surface area contributed by atoms with Crippen LogP contribution < -0.4 is 0 Å². The fourth-order valence-electron chi connectivity index (χ4n) is 1.82. The van der Waals surface area contributed by atoms with Crippen molar-refractivity contribution in [1.82, 2.24) is 0 Å². The van der Waals surface area contributed by atoms with Crippen LogP contribution in [0.25, 0.3) is 0 Å². The first-order chi connectivity index (χ1) is 5.93. The van der Waals surface area contributed by atoms with Crippen molar-refractivity contribution in [3.63, 3.8) is 0 Å². The van der Waals surface area contributed by atoms with E-state index in [1.54, 1.807) is 0 Å². The van der Waals surface area contributed by atoms with E-state index in [-0.39, 0.29) is 0 Å². The van der Waals surface area contributed by atoms with E-state index in [2.05, 4.69) is 13.3 Å². The monoisotopic (exact) mass is 169 g/mol. The van der Waals surface area contributed by atoms with Gasteiger partial charge in [0.2, 0.25) is 0 Å². The van der Waals surface area contributed by atoms with Gasteiger partial charge in [-0.15, -0.1) is 0 Å². The quantitative estimate of drug-likeness (QED) is 0.629. The number of hydrogen-bond acceptors (Lipinski definition) is 1. The Morgan fingerprint density at radius 1 is 1.08 bits per heavy atom. The van der Waals surface area contributed by atoms with Gasteiger partial charge in [0.15, 0.2) is 0 Å². The summed E-state index contributed by atoms with van der Waals surface area (Å²) in [6, 6.07) is 0. The average molecular weight is 169 g/mol. The molecule has 0 aliphatic heterocycles. The third-order valence-corrected chi connectivity index (χ3v) is 2.55. The molecular weight excluding hydrogens is 148 g/mol. The number of ether oxygens (including phenoxy) is 1. The zero-order valence-electron chi connectivity index (χ0n) is 8.22. The summed E-state index contributed by atoms with van der Waals surface area (Å²) < 4.78 is 5.71. The molecule has 0 heterocycles. The lowest BCUT2D eigenvalue weighted by Gasteiger charge is -2.19. The molecule has 0 spiro atoms. The summed E-state index contributed by atoms with van der Waals surface area (Å²) in [7, 11) is 0. The Morgan fingerprint density at radius 2 is 1.67 bits per heavy atom. The highest BCUT2D eigenvalue weighted by molar-refractivity contribution is 4.64. The molecule has 0 bridgehead atoms.